The maximum absolute atomic E-state index is 12.2. The van der Waals surface area contributed by atoms with Crippen LogP contribution in [0.3, 0.4) is 0 Å². The molecule has 0 aliphatic carbocycles. The molecule has 148 valence electrons. The van der Waals surface area contributed by atoms with E-state index >= 15 is 0 Å². The molecule has 3 N–H and O–H groups in total. The molecule has 0 amide bonds. The molecule has 1 aliphatic heterocycles. The van der Waals surface area contributed by atoms with Crippen molar-refractivity contribution in [2.75, 3.05) is 13.1 Å². The summed E-state index contributed by atoms with van der Waals surface area (Å²) in [5.41, 5.74) is -0.959. The molecule has 9 nitrogen and oxygen atoms in total. The Morgan fingerprint density at radius 3 is 2.89 bits per heavy atom. The normalized spacial score (nSPS) is 24.0. The molecule has 3 heterocycles. The monoisotopic (exact) mass is 377 g/mol. The second-order valence-corrected chi connectivity index (χ2v) is 7.93. The summed E-state index contributed by atoms with van der Waals surface area (Å²) in [5.74, 6) is -0.145. The topological polar surface area (TPSA) is 124 Å². The summed E-state index contributed by atoms with van der Waals surface area (Å²) in [5, 5.41) is 24.8. The number of H-pyrrole nitrogens is 1. The Labute approximate surface area is 157 Å². The lowest BCUT2D eigenvalue weighted by atomic mass is 9.73. The van der Waals surface area contributed by atoms with E-state index in [9.17, 15) is 19.8 Å². The van der Waals surface area contributed by atoms with Crippen LogP contribution in [0.2, 0.25) is 0 Å². The van der Waals surface area contributed by atoms with Crippen molar-refractivity contribution in [1.29, 1.82) is 0 Å². The third-order valence-electron chi connectivity index (χ3n) is 5.48. The van der Waals surface area contributed by atoms with Crippen molar-refractivity contribution >= 4 is 17.0 Å². The quantitative estimate of drug-likeness (QED) is 0.678. The van der Waals surface area contributed by atoms with Crippen LogP contribution in [0.1, 0.15) is 38.9 Å². The number of piperidine rings is 1. The highest BCUT2D eigenvalue weighted by Crippen LogP contribution is 2.37. The Morgan fingerprint density at radius 2 is 2.22 bits per heavy atom. The fraction of sp³-hybridized carbons (Fsp3) is 0.667. The molecule has 0 aromatic carbocycles. The number of aromatic amines is 1. The van der Waals surface area contributed by atoms with Gasteiger partial charge in [-0.15, -0.1) is 0 Å². The van der Waals surface area contributed by atoms with Gasteiger partial charge in [0.05, 0.1) is 18.8 Å². The molecule has 9 heteroatoms. The molecule has 2 atom stereocenters. The van der Waals surface area contributed by atoms with E-state index in [1.165, 1.54) is 10.9 Å². The molecule has 0 radical (unpaired) electrons. The number of nitrogens with zero attached hydrogens (tertiary/aromatic N) is 4. The number of carbonyl (C=O) groups is 1. The average molecular weight is 377 g/mol. The fourth-order valence-corrected chi connectivity index (χ4v) is 3.77. The Kier molecular flexibility index (Phi) is 5.34. The molecule has 0 unspecified atom stereocenters. The third-order valence-corrected chi connectivity index (χ3v) is 5.48. The Hall–Kier alpha value is -2.26. The highest BCUT2D eigenvalue weighted by molar-refractivity contribution is 5.76. The second kappa shape index (κ2) is 7.40. The van der Waals surface area contributed by atoms with Crippen molar-refractivity contribution in [3.63, 3.8) is 0 Å². The molecule has 0 bridgehead atoms. The van der Waals surface area contributed by atoms with Gasteiger partial charge in [-0.05, 0) is 25.2 Å². The van der Waals surface area contributed by atoms with Crippen molar-refractivity contribution in [2.45, 2.75) is 45.8 Å². The van der Waals surface area contributed by atoms with Gasteiger partial charge in [0.25, 0.3) is 5.56 Å². The van der Waals surface area contributed by atoms with Crippen LogP contribution in [0.5, 0.6) is 0 Å². The van der Waals surface area contributed by atoms with Crippen LogP contribution >= 0.6 is 0 Å². The number of aliphatic hydroxyl groups is 1. The smallest absolute Gasteiger partial charge is 0.313 e. The number of hydrogen-bond donors (Lipinski definition) is 3. The third kappa shape index (κ3) is 3.74. The van der Waals surface area contributed by atoms with Crippen molar-refractivity contribution in [2.24, 2.45) is 18.4 Å². The number of rotatable bonds is 6. The first-order valence-corrected chi connectivity index (χ1v) is 9.27. The summed E-state index contributed by atoms with van der Waals surface area (Å²) < 4.78 is 1.54. The SMILES string of the molecule is CC(C)CC[C@@]1(C(=O)O)CN(Cc2nc3c(cnn3C)c(=O)[nH]2)CC[C@H]1O. The molecule has 0 spiro atoms. The van der Waals surface area contributed by atoms with Crippen LogP contribution in [0.25, 0.3) is 11.0 Å². The zero-order chi connectivity index (χ0) is 19.8. The van der Waals surface area contributed by atoms with Crippen molar-refractivity contribution in [3.05, 3.63) is 22.4 Å². The van der Waals surface area contributed by atoms with Gasteiger partial charge < -0.3 is 15.2 Å². The number of aliphatic carboxylic acids is 1. The number of hydrogen-bond acceptors (Lipinski definition) is 6. The van der Waals surface area contributed by atoms with Gasteiger partial charge in [-0.1, -0.05) is 13.8 Å². The lowest BCUT2D eigenvalue weighted by Crippen LogP contribution is -2.55. The minimum absolute atomic E-state index is 0.226. The highest BCUT2D eigenvalue weighted by Gasteiger charge is 2.48. The average Bonchev–Trinajstić information content (AvgIpc) is 2.97. The maximum atomic E-state index is 12.2. The van der Waals surface area contributed by atoms with Gasteiger partial charge in [0.1, 0.15) is 16.6 Å². The van der Waals surface area contributed by atoms with Crippen LogP contribution in [0, 0.1) is 11.3 Å². The van der Waals surface area contributed by atoms with Crippen LogP contribution in [-0.2, 0) is 18.4 Å². The molecule has 1 aliphatic rings. The van der Waals surface area contributed by atoms with Gasteiger partial charge in [0.2, 0.25) is 0 Å². The molecule has 1 fully saturated rings. The summed E-state index contributed by atoms with van der Waals surface area (Å²) in [7, 11) is 1.72. The first-order chi connectivity index (χ1) is 12.7. The molecular formula is C18H27N5O4. The molecule has 3 rings (SSSR count). The summed E-state index contributed by atoms with van der Waals surface area (Å²) in [6.45, 7) is 5.18. The van der Waals surface area contributed by atoms with E-state index in [1.54, 1.807) is 7.05 Å². The maximum Gasteiger partial charge on any atom is 0.313 e. The number of carboxylic acid groups (broad SMARTS) is 1. The second-order valence-electron chi connectivity index (χ2n) is 7.93. The Morgan fingerprint density at radius 1 is 1.48 bits per heavy atom. The van der Waals surface area contributed by atoms with Crippen LogP contribution in [-0.4, -0.2) is 60.0 Å². The number of nitrogens with one attached hydrogen (secondary N) is 1. The zero-order valence-electron chi connectivity index (χ0n) is 16.0. The Bertz CT molecular complexity index is 889. The van der Waals surface area contributed by atoms with E-state index < -0.39 is 17.5 Å². The minimum Gasteiger partial charge on any atom is -0.481 e. The Balaban J connectivity index is 1.84. The molecule has 0 saturated carbocycles. The van der Waals surface area contributed by atoms with E-state index in [0.717, 1.165) is 6.42 Å². The highest BCUT2D eigenvalue weighted by atomic mass is 16.4. The van der Waals surface area contributed by atoms with Crippen molar-refractivity contribution in [1.82, 2.24) is 24.6 Å². The fourth-order valence-electron chi connectivity index (χ4n) is 3.77. The summed E-state index contributed by atoms with van der Waals surface area (Å²) in [4.78, 5) is 33.5. The molecule has 27 heavy (non-hydrogen) atoms. The van der Waals surface area contributed by atoms with Gasteiger partial charge in [0.15, 0.2) is 5.65 Å². The minimum atomic E-state index is -1.19. The molecule has 1 saturated heterocycles. The standard InChI is InChI=1S/C18H27N5O4/c1-11(2)4-6-18(17(26)27)10-23(7-5-13(18)24)9-14-20-15-12(16(25)21-14)8-19-22(15)3/h8,11,13,24H,4-7,9-10H2,1-3H3,(H,26,27)(H,20,21,25)/t13-,18-/m1/s1. The predicted molar refractivity (Wildman–Crippen MR) is 99.2 cm³/mol. The van der Waals surface area contributed by atoms with Gasteiger partial charge in [0, 0.05) is 20.1 Å². The first kappa shape index (κ1) is 19.5. The van der Waals surface area contributed by atoms with Crippen molar-refractivity contribution < 1.29 is 15.0 Å². The summed E-state index contributed by atoms with van der Waals surface area (Å²) in [6, 6.07) is 0. The summed E-state index contributed by atoms with van der Waals surface area (Å²) >= 11 is 0. The number of fused-ring (bicyclic) bond motifs is 1. The number of carboxylic acids is 1. The molecule has 2 aromatic heterocycles. The predicted octanol–water partition coefficient (Wildman–Crippen LogP) is 0.730. The van der Waals surface area contributed by atoms with E-state index in [4.69, 9.17) is 0 Å². The number of aromatic nitrogens is 4. The first-order valence-electron chi connectivity index (χ1n) is 9.27. The van der Waals surface area contributed by atoms with E-state index in [-0.39, 0.29) is 12.1 Å². The van der Waals surface area contributed by atoms with Crippen LogP contribution < -0.4 is 5.56 Å². The number of aliphatic hydroxyl groups excluding tert-OH is 1. The van der Waals surface area contributed by atoms with Crippen molar-refractivity contribution in [3.8, 4) is 0 Å². The number of likely N-dealkylation sites (tertiary alicyclic amines) is 1. The molecule has 2 aromatic rings. The molecular weight excluding hydrogens is 350 g/mol. The summed E-state index contributed by atoms with van der Waals surface area (Å²) in [6.07, 6.45) is 2.12. The lowest BCUT2D eigenvalue weighted by Gasteiger charge is -2.43. The van der Waals surface area contributed by atoms with Crippen LogP contribution in [0.4, 0.5) is 0 Å². The van der Waals surface area contributed by atoms with E-state index in [1.807, 2.05) is 18.7 Å². The van der Waals surface area contributed by atoms with Gasteiger partial charge >= 0.3 is 5.97 Å². The van der Waals surface area contributed by atoms with Crippen LogP contribution in [0.15, 0.2) is 11.0 Å². The van der Waals surface area contributed by atoms with Gasteiger partial charge in [-0.25, -0.2) is 4.98 Å². The van der Waals surface area contributed by atoms with Gasteiger partial charge in [-0.3, -0.25) is 19.2 Å². The number of aryl methyl sites for hydroxylation is 1. The largest absolute Gasteiger partial charge is 0.481 e. The zero-order valence-corrected chi connectivity index (χ0v) is 16.0. The van der Waals surface area contributed by atoms with E-state index in [0.29, 0.717) is 48.7 Å². The lowest BCUT2D eigenvalue weighted by molar-refractivity contribution is -0.165. The van der Waals surface area contributed by atoms with E-state index in [2.05, 4.69) is 15.1 Å². The van der Waals surface area contributed by atoms with Gasteiger partial charge in [-0.2, -0.15) is 5.10 Å².